The zero-order valence-electron chi connectivity index (χ0n) is 18.1. The second kappa shape index (κ2) is 9.84. The van der Waals surface area contributed by atoms with Crippen LogP contribution in [0.2, 0.25) is 0 Å². The molecule has 1 aromatic heterocycles. The lowest BCUT2D eigenvalue weighted by Crippen LogP contribution is -2.44. The number of rotatable bonds is 8. The monoisotopic (exact) mass is 434 g/mol. The molecule has 2 aromatic rings. The van der Waals surface area contributed by atoms with Crippen molar-refractivity contribution in [1.82, 2.24) is 10.6 Å². The Kier molecular flexibility index (Phi) is 7.72. The number of hydrogen-bond donors (Lipinski definition) is 2. The molecule has 0 aliphatic heterocycles. The summed E-state index contributed by atoms with van der Waals surface area (Å²) in [4.78, 5) is 37.9. The fraction of sp³-hybridized carbons (Fsp3) is 0.409. The van der Waals surface area contributed by atoms with Crippen LogP contribution in [0.4, 0.5) is 4.39 Å². The molecule has 0 spiro atoms. The molecule has 0 radical (unpaired) electrons. The molecule has 162 valence electrons. The fourth-order valence-electron chi connectivity index (χ4n) is 2.99. The van der Waals surface area contributed by atoms with Crippen LogP contribution in [0, 0.1) is 33.5 Å². The van der Waals surface area contributed by atoms with Crippen LogP contribution >= 0.6 is 11.3 Å². The van der Waals surface area contributed by atoms with Crippen molar-refractivity contribution in [3.63, 3.8) is 0 Å². The normalized spacial score (nSPS) is 11.7. The van der Waals surface area contributed by atoms with Crippen LogP contribution in [0.15, 0.2) is 12.1 Å². The van der Waals surface area contributed by atoms with E-state index in [-0.39, 0.29) is 36.2 Å². The summed E-state index contributed by atoms with van der Waals surface area (Å²) in [6, 6.07) is 1.99. The Hall–Kier alpha value is -2.74. The number of halogens is 1. The van der Waals surface area contributed by atoms with E-state index in [1.165, 1.54) is 13.0 Å². The molecule has 0 aliphatic carbocycles. The predicted octanol–water partition coefficient (Wildman–Crippen LogP) is 3.52. The van der Waals surface area contributed by atoms with Crippen molar-refractivity contribution in [3.05, 3.63) is 50.0 Å². The van der Waals surface area contributed by atoms with E-state index < -0.39 is 17.8 Å². The van der Waals surface area contributed by atoms with Crippen molar-refractivity contribution >= 4 is 28.9 Å². The third-order valence-electron chi connectivity index (χ3n) is 4.76. The second-order valence-electron chi connectivity index (χ2n) is 7.33. The number of ketones is 1. The van der Waals surface area contributed by atoms with E-state index in [4.69, 9.17) is 4.74 Å². The average Bonchev–Trinajstić information content (AvgIpc) is 2.92. The smallest absolute Gasteiger partial charge is 0.253 e. The highest BCUT2D eigenvalue weighted by molar-refractivity contribution is 7.12. The summed E-state index contributed by atoms with van der Waals surface area (Å²) in [6.45, 7) is 10.2. The highest BCUT2D eigenvalue weighted by Crippen LogP contribution is 2.26. The number of hydrogen-bond acceptors (Lipinski definition) is 5. The molecule has 1 heterocycles. The third-order valence-corrected chi connectivity index (χ3v) is 5.88. The Labute approximate surface area is 179 Å². The Morgan fingerprint density at radius 1 is 1.13 bits per heavy atom. The lowest BCUT2D eigenvalue weighted by atomic mass is 10.1. The molecule has 0 bridgehead atoms. The molecule has 1 unspecified atom stereocenters. The van der Waals surface area contributed by atoms with Gasteiger partial charge in [-0.05, 0) is 58.7 Å². The Morgan fingerprint density at radius 3 is 2.37 bits per heavy atom. The first-order valence-corrected chi connectivity index (χ1v) is 10.4. The minimum Gasteiger partial charge on any atom is -0.485 e. The van der Waals surface area contributed by atoms with Gasteiger partial charge >= 0.3 is 0 Å². The molecule has 2 N–H and O–H groups in total. The molecular formula is C22H27FN2O4S. The van der Waals surface area contributed by atoms with E-state index in [0.29, 0.717) is 11.1 Å². The van der Waals surface area contributed by atoms with E-state index >= 15 is 0 Å². The highest BCUT2D eigenvalue weighted by Gasteiger charge is 2.21. The summed E-state index contributed by atoms with van der Waals surface area (Å²) in [5, 5.41) is 5.34. The van der Waals surface area contributed by atoms with Crippen LogP contribution in [0.1, 0.15) is 50.7 Å². The first-order chi connectivity index (χ1) is 14.0. The van der Waals surface area contributed by atoms with Crippen LogP contribution in [0.5, 0.6) is 5.75 Å². The SMILES string of the molecule is CC(=O)COc1cc(F)c(CNC(=O)C(C)NC(=O)c2c(C)sc(C)c2C)cc1C. The van der Waals surface area contributed by atoms with Gasteiger partial charge in [0, 0.05) is 27.9 Å². The van der Waals surface area contributed by atoms with Gasteiger partial charge in [-0.25, -0.2) is 4.39 Å². The predicted molar refractivity (Wildman–Crippen MR) is 115 cm³/mol. The molecule has 0 saturated carbocycles. The Balaban J connectivity index is 1.98. The van der Waals surface area contributed by atoms with Gasteiger partial charge in [-0.15, -0.1) is 11.3 Å². The quantitative estimate of drug-likeness (QED) is 0.666. The van der Waals surface area contributed by atoms with Crippen molar-refractivity contribution in [3.8, 4) is 5.75 Å². The third kappa shape index (κ3) is 5.66. The topological polar surface area (TPSA) is 84.5 Å². The van der Waals surface area contributed by atoms with Crippen molar-refractivity contribution in [2.45, 2.75) is 54.1 Å². The van der Waals surface area contributed by atoms with Crippen molar-refractivity contribution < 1.29 is 23.5 Å². The zero-order chi connectivity index (χ0) is 22.6. The number of Topliss-reactive ketones (excluding diaryl/α,β-unsaturated/α-hetero) is 1. The summed E-state index contributed by atoms with van der Waals surface area (Å²) in [7, 11) is 0. The number of nitrogens with one attached hydrogen (secondary N) is 2. The molecule has 1 atom stereocenters. The van der Waals surface area contributed by atoms with E-state index in [1.807, 2.05) is 20.8 Å². The van der Waals surface area contributed by atoms with Crippen LogP contribution in [0.25, 0.3) is 0 Å². The summed E-state index contributed by atoms with van der Waals surface area (Å²) >= 11 is 1.54. The first-order valence-electron chi connectivity index (χ1n) is 9.57. The van der Waals surface area contributed by atoms with E-state index in [2.05, 4.69) is 10.6 Å². The molecule has 2 rings (SSSR count). The van der Waals surface area contributed by atoms with Gasteiger partial charge in [0.2, 0.25) is 5.91 Å². The second-order valence-corrected chi connectivity index (χ2v) is 8.76. The van der Waals surface area contributed by atoms with Gasteiger partial charge in [-0.3, -0.25) is 14.4 Å². The fourth-order valence-corrected chi connectivity index (χ4v) is 4.05. The number of aryl methyl sites for hydroxylation is 3. The van der Waals surface area contributed by atoms with Crippen molar-refractivity contribution in [1.29, 1.82) is 0 Å². The van der Waals surface area contributed by atoms with Gasteiger partial charge in [-0.2, -0.15) is 0 Å². The standard InChI is InChI=1S/C22H27FN2O4S/c1-11-7-17(18(23)8-19(11)29-10-12(2)26)9-24-21(27)14(4)25-22(28)20-13(3)15(5)30-16(20)6/h7-8,14H,9-10H2,1-6H3,(H,24,27)(H,25,28). The number of thiophene rings is 1. The number of carbonyl (C=O) groups is 3. The molecule has 0 fully saturated rings. The summed E-state index contributed by atoms with van der Waals surface area (Å²) in [5.41, 5.74) is 2.45. The van der Waals surface area contributed by atoms with E-state index in [9.17, 15) is 18.8 Å². The number of benzene rings is 1. The molecule has 8 heteroatoms. The molecule has 0 saturated heterocycles. The lowest BCUT2D eigenvalue weighted by Gasteiger charge is -2.16. The molecule has 0 aliphatic rings. The van der Waals surface area contributed by atoms with Gasteiger partial charge in [0.25, 0.3) is 5.91 Å². The highest BCUT2D eigenvalue weighted by atomic mass is 32.1. The van der Waals surface area contributed by atoms with Crippen molar-refractivity contribution in [2.24, 2.45) is 0 Å². The van der Waals surface area contributed by atoms with Crippen molar-refractivity contribution in [2.75, 3.05) is 6.61 Å². The molecular weight excluding hydrogens is 407 g/mol. The number of ether oxygens (including phenoxy) is 1. The largest absolute Gasteiger partial charge is 0.485 e. The minimum absolute atomic E-state index is 0.0334. The van der Waals surface area contributed by atoms with Gasteiger partial charge in [0.15, 0.2) is 5.78 Å². The van der Waals surface area contributed by atoms with Gasteiger partial charge < -0.3 is 15.4 Å². The van der Waals surface area contributed by atoms with E-state index in [0.717, 1.165) is 15.3 Å². The van der Waals surface area contributed by atoms with Gasteiger partial charge in [-0.1, -0.05) is 0 Å². The summed E-state index contributed by atoms with van der Waals surface area (Å²) < 4.78 is 19.6. The lowest BCUT2D eigenvalue weighted by molar-refractivity contribution is -0.122. The maximum Gasteiger partial charge on any atom is 0.253 e. The van der Waals surface area contributed by atoms with Crippen LogP contribution < -0.4 is 15.4 Å². The van der Waals surface area contributed by atoms with E-state index in [1.54, 1.807) is 31.3 Å². The summed E-state index contributed by atoms with van der Waals surface area (Å²) in [6.07, 6.45) is 0. The minimum atomic E-state index is -0.779. The molecule has 30 heavy (non-hydrogen) atoms. The average molecular weight is 435 g/mol. The molecule has 2 amide bonds. The molecule has 6 nitrogen and oxygen atoms in total. The Bertz CT molecular complexity index is 984. The van der Waals surface area contributed by atoms with Gasteiger partial charge in [0.1, 0.15) is 24.2 Å². The van der Waals surface area contributed by atoms with Crippen LogP contribution in [-0.4, -0.2) is 30.2 Å². The molecule has 1 aromatic carbocycles. The maximum absolute atomic E-state index is 14.3. The van der Waals surface area contributed by atoms with Gasteiger partial charge in [0.05, 0.1) is 5.56 Å². The summed E-state index contributed by atoms with van der Waals surface area (Å²) in [5.74, 6) is -1.14. The van der Waals surface area contributed by atoms with Crippen LogP contribution in [-0.2, 0) is 16.1 Å². The maximum atomic E-state index is 14.3. The van der Waals surface area contributed by atoms with Crippen LogP contribution in [0.3, 0.4) is 0 Å². The first kappa shape index (κ1) is 23.5. The number of carbonyl (C=O) groups excluding carboxylic acids is 3. The number of amides is 2. The zero-order valence-corrected chi connectivity index (χ0v) is 18.9. The Morgan fingerprint density at radius 2 is 1.80 bits per heavy atom.